The highest BCUT2D eigenvalue weighted by molar-refractivity contribution is 5.35. The SMILES string of the molecule is O=c1cc(NC2CCC2)nc(C2CC2)[nH]1. The molecule has 2 aliphatic rings. The Morgan fingerprint density at radius 2 is 2.13 bits per heavy atom. The molecule has 1 aromatic heterocycles. The molecule has 4 nitrogen and oxygen atoms in total. The Morgan fingerprint density at radius 1 is 1.33 bits per heavy atom. The van der Waals surface area contributed by atoms with Crippen LogP contribution in [0.5, 0.6) is 0 Å². The van der Waals surface area contributed by atoms with Crippen LogP contribution in [0.15, 0.2) is 10.9 Å². The van der Waals surface area contributed by atoms with Crippen molar-refractivity contribution in [2.24, 2.45) is 0 Å². The minimum absolute atomic E-state index is 0.0336. The third-order valence-electron chi connectivity index (χ3n) is 3.18. The van der Waals surface area contributed by atoms with Crippen LogP contribution in [0.3, 0.4) is 0 Å². The molecule has 0 saturated heterocycles. The molecule has 0 aliphatic heterocycles. The van der Waals surface area contributed by atoms with Crippen LogP contribution >= 0.6 is 0 Å². The largest absolute Gasteiger partial charge is 0.367 e. The van der Waals surface area contributed by atoms with Crippen molar-refractivity contribution in [3.8, 4) is 0 Å². The maximum absolute atomic E-state index is 11.4. The summed E-state index contributed by atoms with van der Waals surface area (Å²) in [5.41, 5.74) is -0.0336. The first-order valence-corrected chi connectivity index (χ1v) is 5.69. The average Bonchev–Trinajstić information content (AvgIpc) is 2.93. The Balaban J connectivity index is 1.82. The minimum Gasteiger partial charge on any atom is -0.367 e. The normalized spacial score (nSPS) is 21.1. The van der Waals surface area contributed by atoms with Gasteiger partial charge < -0.3 is 10.3 Å². The van der Waals surface area contributed by atoms with Crippen molar-refractivity contribution in [1.82, 2.24) is 9.97 Å². The van der Waals surface area contributed by atoms with Crippen molar-refractivity contribution in [3.05, 3.63) is 22.2 Å². The van der Waals surface area contributed by atoms with Crippen molar-refractivity contribution in [2.45, 2.75) is 44.1 Å². The Labute approximate surface area is 88.1 Å². The summed E-state index contributed by atoms with van der Waals surface area (Å²) < 4.78 is 0. The number of H-pyrrole nitrogens is 1. The van der Waals surface area contributed by atoms with Crippen molar-refractivity contribution in [2.75, 3.05) is 5.32 Å². The molecular formula is C11H15N3O. The topological polar surface area (TPSA) is 57.8 Å². The molecule has 1 aromatic rings. The lowest BCUT2D eigenvalue weighted by atomic mass is 9.93. The molecule has 1 heterocycles. The zero-order valence-corrected chi connectivity index (χ0v) is 8.62. The Hall–Kier alpha value is -1.32. The molecule has 80 valence electrons. The van der Waals surface area contributed by atoms with Crippen molar-refractivity contribution >= 4 is 5.82 Å². The van der Waals surface area contributed by atoms with E-state index in [1.807, 2.05) is 0 Å². The predicted molar refractivity (Wildman–Crippen MR) is 58.1 cm³/mol. The number of aromatic nitrogens is 2. The minimum atomic E-state index is -0.0336. The molecule has 0 amide bonds. The van der Waals surface area contributed by atoms with Crippen LogP contribution in [0.2, 0.25) is 0 Å². The number of hydrogen-bond acceptors (Lipinski definition) is 3. The number of nitrogens with one attached hydrogen (secondary N) is 2. The van der Waals surface area contributed by atoms with Crippen LogP contribution in [-0.2, 0) is 0 Å². The molecule has 3 rings (SSSR count). The van der Waals surface area contributed by atoms with Crippen molar-refractivity contribution in [3.63, 3.8) is 0 Å². The third kappa shape index (κ3) is 1.89. The van der Waals surface area contributed by atoms with Gasteiger partial charge in [0.1, 0.15) is 11.6 Å². The lowest BCUT2D eigenvalue weighted by Gasteiger charge is -2.26. The lowest BCUT2D eigenvalue weighted by Crippen LogP contribution is -2.28. The molecule has 0 atom stereocenters. The van der Waals surface area contributed by atoms with Gasteiger partial charge in [-0.2, -0.15) is 0 Å². The van der Waals surface area contributed by atoms with Gasteiger partial charge in [0.05, 0.1) is 0 Å². The van der Waals surface area contributed by atoms with Crippen LogP contribution in [-0.4, -0.2) is 16.0 Å². The van der Waals surface area contributed by atoms with Gasteiger partial charge in [-0.3, -0.25) is 4.79 Å². The number of anilines is 1. The maximum atomic E-state index is 11.4. The van der Waals surface area contributed by atoms with Gasteiger partial charge in [-0.1, -0.05) is 0 Å². The number of hydrogen-bond donors (Lipinski definition) is 2. The van der Waals surface area contributed by atoms with Gasteiger partial charge in [0.2, 0.25) is 0 Å². The van der Waals surface area contributed by atoms with Crippen LogP contribution < -0.4 is 10.9 Å². The summed E-state index contributed by atoms with van der Waals surface area (Å²) >= 11 is 0. The molecule has 0 radical (unpaired) electrons. The Bertz CT molecular complexity index is 418. The zero-order valence-electron chi connectivity index (χ0n) is 8.62. The Morgan fingerprint density at radius 3 is 2.73 bits per heavy atom. The van der Waals surface area contributed by atoms with Gasteiger partial charge in [-0.15, -0.1) is 0 Å². The van der Waals surface area contributed by atoms with Crippen LogP contribution in [0.4, 0.5) is 5.82 Å². The summed E-state index contributed by atoms with van der Waals surface area (Å²) in [4.78, 5) is 18.7. The summed E-state index contributed by atoms with van der Waals surface area (Å²) in [6, 6.07) is 2.09. The summed E-state index contributed by atoms with van der Waals surface area (Å²) in [5.74, 6) is 2.12. The molecule has 4 heteroatoms. The predicted octanol–water partition coefficient (Wildman–Crippen LogP) is 1.61. The van der Waals surface area contributed by atoms with Crippen LogP contribution in [0.25, 0.3) is 0 Å². The van der Waals surface area contributed by atoms with E-state index < -0.39 is 0 Å². The van der Waals surface area contributed by atoms with Gasteiger partial charge in [-0.05, 0) is 32.1 Å². The lowest BCUT2D eigenvalue weighted by molar-refractivity contribution is 0.444. The standard InChI is InChI=1S/C11H15N3O/c15-10-6-9(12-8-2-1-3-8)13-11(14-10)7-4-5-7/h6-8H,1-5H2,(H2,12,13,14,15). The van der Waals surface area contributed by atoms with E-state index in [2.05, 4.69) is 15.3 Å². The van der Waals surface area contributed by atoms with Crippen molar-refractivity contribution in [1.29, 1.82) is 0 Å². The summed E-state index contributed by atoms with van der Waals surface area (Å²) in [5, 5.41) is 3.31. The molecule has 0 unspecified atom stereocenters. The monoisotopic (exact) mass is 205 g/mol. The fourth-order valence-electron chi connectivity index (χ4n) is 1.86. The van der Waals surface area contributed by atoms with Gasteiger partial charge in [0, 0.05) is 18.0 Å². The molecule has 2 N–H and O–H groups in total. The maximum Gasteiger partial charge on any atom is 0.252 e. The number of rotatable bonds is 3. The molecule has 2 aliphatic carbocycles. The van der Waals surface area contributed by atoms with E-state index in [1.54, 1.807) is 6.07 Å². The summed E-state index contributed by atoms with van der Waals surface area (Å²) in [6.07, 6.45) is 6.02. The second-order valence-corrected chi connectivity index (χ2v) is 4.56. The second kappa shape index (κ2) is 3.36. The summed E-state index contributed by atoms with van der Waals surface area (Å²) in [6.45, 7) is 0. The molecular weight excluding hydrogens is 190 g/mol. The smallest absolute Gasteiger partial charge is 0.252 e. The first-order valence-electron chi connectivity index (χ1n) is 5.69. The van der Waals surface area contributed by atoms with Crippen molar-refractivity contribution < 1.29 is 0 Å². The molecule has 0 bridgehead atoms. The van der Waals surface area contributed by atoms with E-state index in [1.165, 1.54) is 19.3 Å². The first-order chi connectivity index (χ1) is 7.31. The zero-order chi connectivity index (χ0) is 10.3. The molecule has 2 fully saturated rings. The highest BCUT2D eigenvalue weighted by atomic mass is 16.1. The van der Waals surface area contributed by atoms with E-state index in [4.69, 9.17) is 0 Å². The third-order valence-corrected chi connectivity index (χ3v) is 3.18. The molecule has 0 spiro atoms. The van der Waals surface area contributed by atoms with E-state index >= 15 is 0 Å². The fraction of sp³-hybridized carbons (Fsp3) is 0.636. The van der Waals surface area contributed by atoms with E-state index in [0.29, 0.717) is 12.0 Å². The quantitative estimate of drug-likeness (QED) is 0.788. The Kier molecular flexibility index (Phi) is 2.01. The van der Waals surface area contributed by atoms with E-state index in [-0.39, 0.29) is 5.56 Å². The average molecular weight is 205 g/mol. The van der Waals surface area contributed by atoms with Gasteiger partial charge >= 0.3 is 0 Å². The fourth-order valence-corrected chi connectivity index (χ4v) is 1.86. The highest BCUT2D eigenvalue weighted by Gasteiger charge is 2.27. The van der Waals surface area contributed by atoms with E-state index in [0.717, 1.165) is 24.5 Å². The first kappa shape index (κ1) is 8.95. The molecule has 15 heavy (non-hydrogen) atoms. The van der Waals surface area contributed by atoms with Gasteiger partial charge in [-0.25, -0.2) is 4.98 Å². The number of nitrogens with zero attached hydrogens (tertiary/aromatic N) is 1. The van der Waals surface area contributed by atoms with E-state index in [9.17, 15) is 4.79 Å². The van der Waals surface area contributed by atoms with Crippen LogP contribution in [0, 0.1) is 0 Å². The highest BCUT2D eigenvalue weighted by Crippen LogP contribution is 2.37. The number of aromatic amines is 1. The van der Waals surface area contributed by atoms with Gasteiger partial charge in [0.25, 0.3) is 5.56 Å². The summed E-state index contributed by atoms with van der Waals surface area (Å²) in [7, 11) is 0. The second-order valence-electron chi connectivity index (χ2n) is 4.56. The molecule has 0 aromatic carbocycles. The van der Waals surface area contributed by atoms with Crippen LogP contribution in [0.1, 0.15) is 43.8 Å². The van der Waals surface area contributed by atoms with Gasteiger partial charge in [0.15, 0.2) is 0 Å². The molecule has 2 saturated carbocycles.